The smallest absolute Gasteiger partial charge is 0.292 e. The van der Waals surface area contributed by atoms with Gasteiger partial charge in [-0.15, -0.1) is 0 Å². The molecule has 0 radical (unpaired) electrons. The highest BCUT2D eigenvalue weighted by Gasteiger charge is 2.45. The van der Waals surface area contributed by atoms with E-state index in [1.165, 1.54) is 6.20 Å². The second kappa shape index (κ2) is 6.63. The fraction of sp³-hybridized carbons (Fsp3) is 0.611. The van der Waals surface area contributed by atoms with Crippen LogP contribution >= 0.6 is 0 Å². The van der Waals surface area contributed by atoms with Crippen LogP contribution in [0.1, 0.15) is 37.2 Å². The van der Waals surface area contributed by atoms with E-state index >= 15 is 0 Å². The average Bonchev–Trinajstić information content (AvgIpc) is 3.34. The van der Waals surface area contributed by atoms with Gasteiger partial charge in [0.25, 0.3) is 5.91 Å². The molecular formula is C18H25N5O2. The molecule has 0 aromatic carbocycles. The van der Waals surface area contributed by atoms with Crippen LogP contribution in [0.4, 0.5) is 0 Å². The summed E-state index contributed by atoms with van der Waals surface area (Å²) < 4.78 is 7.07. The number of aromatic nitrogens is 3. The van der Waals surface area contributed by atoms with Gasteiger partial charge >= 0.3 is 0 Å². The third-order valence-electron chi connectivity index (χ3n) is 5.56. The minimum absolute atomic E-state index is 0.0393. The van der Waals surface area contributed by atoms with Gasteiger partial charge in [0.05, 0.1) is 12.7 Å². The Bertz CT molecular complexity index is 697. The number of nitrogens with zero attached hydrogens (tertiary/aromatic N) is 5. The predicted molar refractivity (Wildman–Crippen MR) is 91.9 cm³/mol. The molecule has 0 unspecified atom stereocenters. The summed E-state index contributed by atoms with van der Waals surface area (Å²) in [5.74, 6) is 0.802. The number of amides is 1. The number of carbonyl (C=O) groups excluding carboxylic acids is 1. The molecule has 0 aliphatic carbocycles. The van der Waals surface area contributed by atoms with Crippen LogP contribution in [-0.2, 0) is 6.54 Å². The third-order valence-corrected chi connectivity index (χ3v) is 5.56. The summed E-state index contributed by atoms with van der Waals surface area (Å²) in [5, 5.41) is 8.03. The van der Waals surface area contributed by atoms with Crippen LogP contribution in [0.3, 0.4) is 0 Å². The standard InChI is InChI=1S/C18H25N5O2/c1-13(2)23-15(12-22-8-3-6-19-22)10-14-11-21(9-5-16(14)23)18(24)17-4-7-20-25-17/h3-4,6-8,13-16H,5,9-12H2,1-2H3/t14-,15+,16+/m1/s1. The van der Waals surface area contributed by atoms with Crippen molar-refractivity contribution in [3.8, 4) is 0 Å². The van der Waals surface area contributed by atoms with E-state index in [1.807, 2.05) is 28.0 Å². The van der Waals surface area contributed by atoms with E-state index in [9.17, 15) is 4.79 Å². The molecule has 7 heteroatoms. The molecule has 25 heavy (non-hydrogen) atoms. The maximum absolute atomic E-state index is 12.6. The van der Waals surface area contributed by atoms with Crippen molar-refractivity contribution in [2.45, 2.75) is 51.4 Å². The average molecular weight is 343 g/mol. The van der Waals surface area contributed by atoms with E-state index in [0.29, 0.717) is 29.8 Å². The molecule has 4 heterocycles. The molecule has 2 fully saturated rings. The Kier molecular flexibility index (Phi) is 4.33. The van der Waals surface area contributed by atoms with Gasteiger partial charge in [-0.1, -0.05) is 5.16 Å². The molecule has 2 aromatic rings. The molecule has 2 aliphatic heterocycles. The van der Waals surface area contributed by atoms with E-state index in [4.69, 9.17) is 4.52 Å². The van der Waals surface area contributed by atoms with Crippen molar-refractivity contribution >= 4 is 5.91 Å². The van der Waals surface area contributed by atoms with Gasteiger partial charge in [0.15, 0.2) is 0 Å². The van der Waals surface area contributed by atoms with Crippen molar-refractivity contribution < 1.29 is 9.32 Å². The van der Waals surface area contributed by atoms with Gasteiger partial charge < -0.3 is 9.42 Å². The maximum Gasteiger partial charge on any atom is 0.292 e. The molecule has 0 spiro atoms. The second-order valence-corrected chi connectivity index (χ2v) is 7.40. The van der Waals surface area contributed by atoms with Gasteiger partial charge in [-0.3, -0.25) is 14.4 Å². The topological polar surface area (TPSA) is 67.4 Å². The van der Waals surface area contributed by atoms with Crippen LogP contribution in [0.25, 0.3) is 0 Å². The first kappa shape index (κ1) is 16.3. The Hall–Kier alpha value is -2.15. The van der Waals surface area contributed by atoms with Crippen LogP contribution in [0.15, 0.2) is 35.2 Å². The molecular weight excluding hydrogens is 318 g/mol. The zero-order valence-corrected chi connectivity index (χ0v) is 14.8. The highest BCUT2D eigenvalue weighted by Crippen LogP contribution is 2.38. The summed E-state index contributed by atoms with van der Waals surface area (Å²) in [7, 11) is 0. The summed E-state index contributed by atoms with van der Waals surface area (Å²) in [4.78, 5) is 17.1. The maximum atomic E-state index is 12.6. The quantitative estimate of drug-likeness (QED) is 0.848. The fourth-order valence-electron chi connectivity index (χ4n) is 4.65. The molecule has 2 aromatic heterocycles. The molecule has 134 valence electrons. The first-order valence-corrected chi connectivity index (χ1v) is 9.08. The lowest BCUT2D eigenvalue weighted by atomic mass is 9.91. The minimum Gasteiger partial charge on any atom is -0.351 e. The summed E-state index contributed by atoms with van der Waals surface area (Å²) in [6.07, 6.45) is 7.50. The second-order valence-electron chi connectivity index (χ2n) is 7.40. The normalized spacial score (nSPS) is 27.0. The molecule has 0 N–H and O–H groups in total. The molecule has 7 nitrogen and oxygen atoms in total. The van der Waals surface area contributed by atoms with E-state index < -0.39 is 0 Å². The number of likely N-dealkylation sites (tertiary alicyclic amines) is 2. The molecule has 2 saturated heterocycles. The zero-order chi connectivity index (χ0) is 17.4. The van der Waals surface area contributed by atoms with Gasteiger partial charge in [-0.2, -0.15) is 5.10 Å². The van der Waals surface area contributed by atoms with Gasteiger partial charge in [0.2, 0.25) is 5.76 Å². The number of fused-ring (bicyclic) bond motifs is 1. The van der Waals surface area contributed by atoms with Crippen molar-refractivity contribution in [1.82, 2.24) is 24.7 Å². The lowest BCUT2D eigenvalue weighted by molar-refractivity contribution is 0.0493. The monoisotopic (exact) mass is 343 g/mol. The Labute approximate surface area is 147 Å². The highest BCUT2D eigenvalue weighted by molar-refractivity contribution is 5.91. The van der Waals surface area contributed by atoms with Crippen LogP contribution in [0.5, 0.6) is 0 Å². The highest BCUT2D eigenvalue weighted by atomic mass is 16.5. The zero-order valence-electron chi connectivity index (χ0n) is 14.8. The van der Waals surface area contributed by atoms with E-state index in [-0.39, 0.29) is 5.91 Å². The lowest BCUT2D eigenvalue weighted by Crippen LogP contribution is -2.50. The Morgan fingerprint density at radius 2 is 2.28 bits per heavy atom. The van der Waals surface area contributed by atoms with Crippen LogP contribution in [-0.4, -0.2) is 61.9 Å². The Morgan fingerprint density at radius 1 is 1.40 bits per heavy atom. The lowest BCUT2D eigenvalue weighted by Gasteiger charge is -2.40. The first-order valence-electron chi connectivity index (χ1n) is 9.08. The fourth-order valence-corrected chi connectivity index (χ4v) is 4.65. The van der Waals surface area contributed by atoms with Gasteiger partial charge in [0, 0.05) is 49.7 Å². The molecule has 3 atom stereocenters. The van der Waals surface area contributed by atoms with Gasteiger partial charge in [-0.05, 0) is 38.7 Å². The van der Waals surface area contributed by atoms with Crippen molar-refractivity contribution in [2.75, 3.05) is 13.1 Å². The minimum atomic E-state index is -0.0393. The van der Waals surface area contributed by atoms with Gasteiger partial charge in [-0.25, -0.2) is 0 Å². The Morgan fingerprint density at radius 3 is 2.96 bits per heavy atom. The first-order chi connectivity index (χ1) is 12.1. The van der Waals surface area contributed by atoms with Crippen LogP contribution in [0.2, 0.25) is 0 Å². The Balaban J connectivity index is 1.48. The predicted octanol–water partition coefficient (Wildman–Crippen LogP) is 1.88. The van der Waals surface area contributed by atoms with E-state index in [0.717, 1.165) is 32.5 Å². The van der Waals surface area contributed by atoms with Crippen LogP contribution < -0.4 is 0 Å². The molecule has 2 aliphatic rings. The molecule has 4 rings (SSSR count). The number of hydrogen-bond acceptors (Lipinski definition) is 5. The molecule has 0 bridgehead atoms. The van der Waals surface area contributed by atoms with Gasteiger partial charge in [0.1, 0.15) is 0 Å². The summed E-state index contributed by atoms with van der Waals surface area (Å²) >= 11 is 0. The number of carbonyl (C=O) groups is 1. The van der Waals surface area contributed by atoms with E-state index in [1.54, 1.807) is 6.07 Å². The summed E-state index contributed by atoms with van der Waals surface area (Å²) in [6, 6.07) is 5.12. The molecule has 0 saturated carbocycles. The van der Waals surface area contributed by atoms with Crippen molar-refractivity contribution in [2.24, 2.45) is 5.92 Å². The van der Waals surface area contributed by atoms with Crippen molar-refractivity contribution in [3.63, 3.8) is 0 Å². The SMILES string of the molecule is CC(C)N1[C@H](Cn2cccn2)C[C@@H]2CN(C(=O)c3ccno3)CC[C@@H]21. The third kappa shape index (κ3) is 3.08. The number of piperidine rings is 1. The summed E-state index contributed by atoms with van der Waals surface area (Å²) in [5.41, 5.74) is 0. The largest absolute Gasteiger partial charge is 0.351 e. The van der Waals surface area contributed by atoms with Crippen molar-refractivity contribution in [3.05, 3.63) is 36.5 Å². The number of hydrogen-bond donors (Lipinski definition) is 0. The van der Waals surface area contributed by atoms with Crippen molar-refractivity contribution in [1.29, 1.82) is 0 Å². The summed E-state index contributed by atoms with van der Waals surface area (Å²) in [6.45, 7) is 7.02. The molecule has 1 amide bonds. The van der Waals surface area contributed by atoms with Crippen LogP contribution in [0, 0.1) is 5.92 Å². The van der Waals surface area contributed by atoms with E-state index in [2.05, 4.69) is 29.0 Å². The number of rotatable bonds is 4.